The Morgan fingerprint density at radius 2 is 0.686 bits per heavy atom. The molecule has 0 aromatic heterocycles. The Labute approximate surface area is 431 Å². The summed E-state index contributed by atoms with van der Waals surface area (Å²) in [7, 11) is 0. The van der Waals surface area contributed by atoms with Crippen LogP contribution in [0.5, 0.6) is 0 Å². The first-order valence-electron chi connectivity index (χ1n) is 28.4. The molecule has 0 aliphatic carbocycles. The van der Waals surface area contributed by atoms with Crippen molar-refractivity contribution in [3.8, 4) is 0 Å². The molecule has 5 nitrogen and oxygen atoms in total. The minimum absolute atomic E-state index is 0.0233. The molecule has 0 aliphatic heterocycles. The van der Waals surface area contributed by atoms with Crippen LogP contribution in [0.1, 0.15) is 226 Å². The van der Waals surface area contributed by atoms with Crippen molar-refractivity contribution in [2.24, 2.45) is 0 Å². The molecule has 0 N–H and O–H groups in total. The summed E-state index contributed by atoms with van der Waals surface area (Å²) in [6.07, 6.45) is 86.1. The fourth-order valence-electron chi connectivity index (χ4n) is 7.23. The number of hydrogen-bond acceptors (Lipinski definition) is 5. The van der Waals surface area contributed by atoms with Crippen molar-refractivity contribution in [2.45, 2.75) is 232 Å². The lowest BCUT2D eigenvalue weighted by Gasteiger charge is -2.18. The predicted molar refractivity (Wildman–Crippen MR) is 306 cm³/mol. The number of carbonyl (C=O) groups excluding carboxylic acids is 2. The highest BCUT2D eigenvalue weighted by Crippen LogP contribution is 2.13. The molecule has 0 heterocycles. The van der Waals surface area contributed by atoms with E-state index >= 15 is 0 Å². The van der Waals surface area contributed by atoms with Gasteiger partial charge in [-0.3, -0.25) is 9.59 Å². The van der Waals surface area contributed by atoms with Gasteiger partial charge in [0.25, 0.3) is 0 Å². The number of rotatable bonds is 50. The zero-order valence-corrected chi connectivity index (χ0v) is 45.2. The van der Waals surface area contributed by atoms with Crippen LogP contribution in [0.3, 0.4) is 0 Å². The van der Waals surface area contributed by atoms with Crippen LogP contribution in [-0.4, -0.2) is 37.9 Å². The number of esters is 2. The molecule has 0 fully saturated rings. The summed E-state index contributed by atoms with van der Waals surface area (Å²) in [6.45, 7) is 7.40. The van der Waals surface area contributed by atoms with E-state index in [4.69, 9.17) is 14.2 Å². The van der Waals surface area contributed by atoms with Gasteiger partial charge in [0.15, 0.2) is 6.10 Å². The van der Waals surface area contributed by atoms with Gasteiger partial charge >= 0.3 is 11.9 Å². The van der Waals surface area contributed by atoms with Gasteiger partial charge in [-0.15, -0.1) is 0 Å². The molecule has 1 atom stereocenters. The van der Waals surface area contributed by atoms with E-state index in [1.54, 1.807) is 0 Å². The quantitative estimate of drug-likeness (QED) is 0.0345. The molecule has 0 aromatic carbocycles. The van der Waals surface area contributed by atoms with Gasteiger partial charge in [0.05, 0.1) is 13.0 Å². The van der Waals surface area contributed by atoms with Gasteiger partial charge in [0.1, 0.15) is 6.61 Å². The monoisotopic (exact) mass is 965 g/mol. The first kappa shape index (κ1) is 65.8. The van der Waals surface area contributed by atoms with Gasteiger partial charge in [-0.2, -0.15) is 0 Å². The number of unbranched alkanes of at least 4 members (excludes halogenated alkanes) is 16. The topological polar surface area (TPSA) is 61.8 Å². The molecule has 0 radical (unpaired) electrons. The predicted octanol–water partition coefficient (Wildman–Crippen LogP) is 19.7. The molecule has 0 rings (SSSR count). The minimum atomic E-state index is -0.618. The summed E-state index contributed by atoms with van der Waals surface area (Å²) in [6, 6.07) is 0. The lowest BCUT2D eigenvalue weighted by atomic mass is 10.1. The van der Waals surface area contributed by atoms with Crippen molar-refractivity contribution in [2.75, 3.05) is 19.8 Å². The summed E-state index contributed by atoms with van der Waals surface area (Å²) >= 11 is 0. The van der Waals surface area contributed by atoms with E-state index in [0.717, 1.165) is 122 Å². The number of carbonyl (C=O) groups is 2. The molecule has 70 heavy (non-hydrogen) atoms. The second-order valence-corrected chi connectivity index (χ2v) is 18.1. The third-order valence-corrected chi connectivity index (χ3v) is 11.4. The largest absolute Gasteiger partial charge is 0.462 e. The molecule has 0 spiro atoms. The third kappa shape index (κ3) is 56.4. The van der Waals surface area contributed by atoms with Crippen molar-refractivity contribution in [1.29, 1.82) is 0 Å². The molecule has 0 bridgehead atoms. The van der Waals surface area contributed by atoms with Crippen LogP contribution < -0.4 is 0 Å². The van der Waals surface area contributed by atoms with Crippen molar-refractivity contribution >= 4 is 11.9 Å². The van der Waals surface area contributed by atoms with Crippen molar-refractivity contribution in [3.63, 3.8) is 0 Å². The molecule has 0 aromatic rings. The molecule has 0 saturated heterocycles. The van der Waals surface area contributed by atoms with Gasteiger partial charge in [-0.25, -0.2) is 0 Å². The van der Waals surface area contributed by atoms with Crippen molar-refractivity contribution in [1.82, 2.24) is 0 Å². The summed E-state index contributed by atoms with van der Waals surface area (Å²) in [5.41, 5.74) is 0. The maximum atomic E-state index is 12.8. The van der Waals surface area contributed by atoms with Gasteiger partial charge in [0.2, 0.25) is 0 Å². The lowest BCUT2D eigenvalue weighted by molar-refractivity contribution is -0.162. The van der Waals surface area contributed by atoms with E-state index in [1.165, 1.54) is 70.6 Å². The molecule has 1 unspecified atom stereocenters. The van der Waals surface area contributed by atoms with Crippen LogP contribution in [0.4, 0.5) is 0 Å². The molecular weight excluding hydrogens is 861 g/mol. The molecule has 0 aliphatic rings. The summed E-state index contributed by atoms with van der Waals surface area (Å²) < 4.78 is 17.3. The van der Waals surface area contributed by atoms with Gasteiger partial charge in [0, 0.05) is 13.0 Å². The third-order valence-electron chi connectivity index (χ3n) is 11.4. The smallest absolute Gasteiger partial charge is 0.310 e. The van der Waals surface area contributed by atoms with Crippen LogP contribution >= 0.6 is 0 Å². The van der Waals surface area contributed by atoms with E-state index in [1.807, 2.05) is 12.2 Å². The number of ether oxygens (including phenoxy) is 3. The number of hydrogen-bond donors (Lipinski definition) is 0. The normalized spacial score (nSPS) is 13.4. The Morgan fingerprint density at radius 1 is 0.343 bits per heavy atom. The fraction of sp³-hybridized carbons (Fsp3) is 0.600. The molecule has 394 valence electrons. The Kier molecular flexibility index (Phi) is 55.5. The van der Waals surface area contributed by atoms with Crippen LogP contribution in [0, 0.1) is 0 Å². The molecular formula is C65H104O5. The van der Waals surface area contributed by atoms with E-state index < -0.39 is 6.10 Å². The summed E-state index contributed by atoms with van der Waals surface area (Å²) in [4.78, 5) is 25.5. The SMILES string of the molecule is CC/C=C\C/C=C\C/C=C\C/C=C\C/C=C\CCCCCCOCC(COC(=O)CCCCCCCCCCC/C=C\C/C=C\CCCCC)OC(=O)C/C=C\C/C=C\C/C=C\C/C=C\C/C=C\CC. The van der Waals surface area contributed by atoms with Crippen molar-refractivity contribution < 1.29 is 23.8 Å². The van der Waals surface area contributed by atoms with E-state index in [-0.39, 0.29) is 31.6 Å². The molecule has 0 saturated carbocycles. The maximum Gasteiger partial charge on any atom is 0.310 e. The van der Waals surface area contributed by atoms with Crippen molar-refractivity contribution in [3.05, 3.63) is 146 Å². The van der Waals surface area contributed by atoms with Gasteiger partial charge in [-0.1, -0.05) is 237 Å². The Hall–Kier alpha value is -4.22. The average molecular weight is 966 g/mol. The fourth-order valence-corrected chi connectivity index (χ4v) is 7.23. The van der Waals surface area contributed by atoms with Crippen LogP contribution in [0.25, 0.3) is 0 Å². The Balaban J connectivity index is 4.46. The highest BCUT2D eigenvalue weighted by molar-refractivity contribution is 5.71. The highest BCUT2D eigenvalue weighted by Gasteiger charge is 2.17. The van der Waals surface area contributed by atoms with Crippen LogP contribution in [0.2, 0.25) is 0 Å². The first-order chi connectivity index (χ1) is 34.6. The maximum absolute atomic E-state index is 12.8. The Bertz CT molecular complexity index is 1510. The van der Waals surface area contributed by atoms with E-state index in [9.17, 15) is 9.59 Å². The number of allylic oxidation sites excluding steroid dienone is 23. The average Bonchev–Trinajstić information content (AvgIpc) is 3.36. The zero-order valence-electron chi connectivity index (χ0n) is 45.2. The first-order valence-corrected chi connectivity index (χ1v) is 28.4. The second kappa shape index (κ2) is 59.1. The minimum Gasteiger partial charge on any atom is -0.462 e. The van der Waals surface area contributed by atoms with Gasteiger partial charge in [-0.05, 0) is 122 Å². The Morgan fingerprint density at radius 3 is 1.10 bits per heavy atom. The summed E-state index contributed by atoms with van der Waals surface area (Å²) in [5.74, 6) is -0.571. The summed E-state index contributed by atoms with van der Waals surface area (Å²) in [5, 5.41) is 0. The zero-order chi connectivity index (χ0) is 50.6. The standard InChI is InChI=1S/C65H104O5/c1-4-7-10-13-16-19-22-25-28-30-32-34-36-39-42-45-48-51-54-57-60-68-61-63(70-65(67)59-56-53-50-47-44-41-37-27-24-21-18-15-12-9-6-3)62-69-64(66)58-55-52-49-46-43-40-38-35-33-31-29-26-23-20-17-14-11-8-5-2/h7,9-10,12,16-21,25-29,32,34,37,39,42,44,47,53,56,63H,4-6,8,11,13-15,22-24,30-31,33,35-36,38,40-41,43,45-46,48-52,54-55,57-62H2,1-3H3/b10-7-,12-9-,19-16-,20-17-,21-18-,28-25-,29-26-,34-32-,37-27-,42-39-,47-44-,56-53-. The second-order valence-electron chi connectivity index (χ2n) is 18.1. The van der Waals surface area contributed by atoms with Gasteiger partial charge < -0.3 is 14.2 Å². The molecule has 0 amide bonds. The lowest BCUT2D eigenvalue weighted by Crippen LogP contribution is -2.29. The van der Waals surface area contributed by atoms with Crippen LogP contribution in [-0.2, 0) is 23.8 Å². The van der Waals surface area contributed by atoms with E-state index in [0.29, 0.717) is 13.0 Å². The highest BCUT2D eigenvalue weighted by atomic mass is 16.6. The van der Waals surface area contributed by atoms with Crippen LogP contribution in [0.15, 0.2) is 146 Å². The molecule has 5 heteroatoms. The van der Waals surface area contributed by atoms with E-state index in [2.05, 4.69) is 154 Å².